The first-order valence-corrected chi connectivity index (χ1v) is 11.8. The Balaban J connectivity index is 1.44. The van der Waals surface area contributed by atoms with Gasteiger partial charge in [-0.3, -0.25) is 19.2 Å². The third-order valence-corrected chi connectivity index (χ3v) is 5.87. The largest absolute Gasteiger partial charge is 0.352 e. The molecule has 2 aromatic carbocycles. The lowest BCUT2D eigenvalue weighted by Gasteiger charge is -2.20. The first-order valence-electron chi connectivity index (χ1n) is 10.4. The van der Waals surface area contributed by atoms with Crippen LogP contribution >= 0.6 is 11.8 Å². The van der Waals surface area contributed by atoms with Crippen molar-refractivity contribution < 1.29 is 23.7 Å². The fourth-order valence-electron chi connectivity index (χ4n) is 3.74. The van der Waals surface area contributed by atoms with Gasteiger partial charge in [-0.1, -0.05) is 36.4 Å². The molecule has 9 heteroatoms. The fraction of sp³-hybridized carbons (Fsp3) is 0.208. The predicted molar refractivity (Wildman–Crippen MR) is 124 cm³/mol. The highest BCUT2D eigenvalue weighted by Gasteiger charge is 2.31. The van der Waals surface area contributed by atoms with Gasteiger partial charge in [0.15, 0.2) is 24.7 Å². The highest BCUT2D eigenvalue weighted by atomic mass is 32.2. The van der Waals surface area contributed by atoms with Gasteiger partial charge in [-0.05, 0) is 12.3 Å². The summed E-state index contributed by atoms with van der Waals surface area (Å²) in [5.41, 5.74) is 1.49. The number of nitrogens with zero attached hydrogens (tertiary/aromatic N) is 2. The first kappa shape index (κ1) is 22.5. The molecule has 3 aromatic rings. The van der Waals surface area contributed by atoms with E-state index in [1.807, 2.05) is 6.26 Å². The lowest BCUT2D eigenvalue weighted by molar-refractivity contribution is -0.683. The maximum Gasteiger partial charge on any atom is 0.266 e. The van der Waals surface area contributed by atoms with Crippen LogP contribution in [0.3, 0.4) is 0 Å². The number of ketones is 2. The topological polar surface area (TPSA) is 101 Å². The van der Waals surface area contributed by atoms with Crippen LogP contribution in [0.25, 0.3) is 0 Å². The van der Waals surface area contributed by atoms with Crippen LogP contribution in [0.1, 0.15) is 31.8 Å². The predicted octanol–water partition coefficient (Wildman–Crippen LogP) is 1.67. The van der Waals surface area contributed by atoms with E-state index in [1.54, 1.807) is 82.1 Å². The third kappa shape index (κ3) is 4.88. The van der Waals surface area contributed by atoms with E-state index in [0.717, 1.165) is 5.75 Å². The Bertz CT molecular complexity index is 1250. The van der Waals surface area contributed by atoms with E-state index in [1.165, 1.54) is 0 Å². The highest BCUT2D eigenvalue weighted by Crippen LogP contribution is 2.31. The number of imidazole rings is 1. The van der Waals surface area contributed by atoms with Crippen LogP contribution in [0.4, 0.5) is 5.69 Å². The smallest absolute Gasteiger partial charge is 0.266 e. The molecule has 0 aliphatic heterocycles. The molecule has 1 aliphatic rings. The Labute approximate surface area is 195 Å². The van der Waals surface area contributed by atoms with E-state index in [0.29, 0.717) is 23.4 Å². The van der Waals surface area contributed by atoms with Crippen LogP contribution in [0.2, 0.25) is 0 Å². The fourth-order valence-corrected chi connectivity index (χ4v) is 4.05. The van der Waals surface area contributed by atoms with Crippen molar-refractivity contribution >= 4 is 40.8 Å². The molecule has 0 fully saturated rings. The molecular weight excluding hydrogens is 440 g/mol. The Morgan fingerprint density at radius 2 is 1.70 bits per heavy atom. The molecule has 1 heterocycles. The molecule has 0 bridgehead atoms. The molecule has 0 saturated heterocycles. The maximum atomic E-state index is 13.1. The molecule has 168 valence electrons. The number of thioether (sulfide) groups is 1. The number of hydrogen-bond acceptors (Lipinski definition) is 5. The zero-order chi connectivity index (χ0) is 23.4. The van der Waals surface area contributed by atoms with Crippen molar-refractivity contribution in [2.75, 3.05) is 23.9 Å². The van der Waals surface area contributed by atoms with E-state index in [-0.39, 0.29) is 47.6 Å². The van der Waals surface area contributed by atoms with E-state index >= 15 is 0 Å². The van der Waals surface area contributed by atoms with Crippen LogP contribution in [-0.4, -0.2) is 46.5 Å². The van der Waals surface area contributed by atoms with E-state index in [2.05, 4.69) is 10.6 Å². The third-order valence-electron chi connectivity index (χ3n) is 5.25. The van der Waals surface area contributed by atoms with Gasteiger partial charge >= 0.3 is 0 Å². The molecule has 0 unspecified atom stereocenters. The lowest BCUT2D eigenvalue weighted by atomic mass is 9.83. The molecule has 0 radical (unpaired) electrons. The van der Waals surface area contributed by atoms with Crippen molar-refractivity contribution in [3.63, 3.8) is 0 Å². The summed E-state index contributed by atoms with van der Waals surface area (Å²) >= 11 is 1.66. The van der Waals surface area contributed by atoms with Crippen molar-refractivity contribution in [3.8, 4) is 0 Å². The van der Waals surface area contributed by atoms with Crippen LogP contribution < -0.4 is 15.2 Å². The molecule has 8 nitrogen and oxygen atoms in total. The number of hydrogen-bond donors (Lipinski definition) is 2. The number of amides is 2. The minimum atomic E-state index is -0.352. The summed E-state index contributed by atoms with van der Waals surface area (Å²) in [4.78, 5) is 50.6. The molecule has 0 spiro atoms. The standard InChI is InChI=1S/C24H22N4O4S/c1-33-12-9-25-20(29)13-27-10-11-28(15-27)14-21(30)26-19-8-4-7-18-22(19)24(32)17-6-3-2-5-16(17)23(18)31/h2-8,10-11,15H,9,12-14H2,1H3,(H-,25,26,29,30,32)/p+1. The number of nitrogens with one attached hydrogen (secondary N) is 2. The highest BCUT2D eigenvalue weighted by molar-refractivity contribution is 7.98. The molecular formula is C24H23N4O4S+. The van der Waals surface area contributed by atoms with Gasteiger partial charge in [0.05, 0.1) is 11.3 Å². The van der Waals surface area contributed by atoms with Gasteiger partial charge in [0, 0.05) is 29.0 Å². The van der Waals surface area contributed by atoms with Gasteiger partial charge in [0.2, 0.25) is 6.33 Å². The van der Waals surface area contributed by atoms with Crippen LogP contribution in [0, 0.1) is 0 Å². The average Bonchev–Trinajstić information content (AvgIpc) is 3.23. The molecule has 1 aromatic heterocycles. The molecule has 2 amide bonds. The average molecular weight is 464 g/mol. The monoisotopic (exact) mass is 463 g/mol. The summed E-state index contributed by atoms with van der Waals surface area (Å²) in [7, 11) is 0. The number of aromatic nitrogens is 2. The van der Waals surface area contributed by atoms with Gasteiger partial charge in [-0.15, -0.1) is 0 Å². The molecule has 0 saturated carbocycles. The Morgan fingerprint density at radius 3 is 2.45 bits per heavy atom. The quantitative estimate of drug-likeness (QED) is 0.306. The van der Waals surface area contributed by atoms with E-state index < -0.39 is 0 Å². The summed E-state index contributed by atoms with van der Waals surface area (Å²) in [6.45, 7) is 0.755. The lowest BCUT2D eigenvalue weighted by Crippen LogP contribution is -2.39. The Hall–Kier alpha value is -3.72. The number of fused-ring (bicyclic) bond motifs is 2. The summed E-state index contributed by atoms with van der Waals surface area (Å²) in [5, 5.41) is 5.59. The molecule has 33 heavy (non-hydrogen) atoms. The molecule has 2 N–H and O–H groups in total. The van der Waals surface area contributed by atoms with Gasteiger partial charge in [0.25, 0.3) is 11.8 Å². The zero-order valence-corrected chi connectivity index (χ0v) is 18.9. The second-order valence-electron chi connectivity index (χ2n) is 7.58. The second-order valence-corrected chi connectivity index (χ2v) is 8.57. The minimum Gasteiger partial charge on any atom is -0.352 e. The first-order chi connectivity index (χ1) is 16.0. The number of carbonyl (C=O) groups excluding carboxylic acids is 4. The van der Waals surface area contributed by atoms with Crippen molar-refractivity contribution in [1.82, 2.24) is 9.88 Å². The number of carbonyl (C=O) groups is 4. The molecule has 4 rings (SSSR count). The van der Waals surface area contributed by atoms with Gasteiger partial charge in [-0.25, -0.2) is 9.13 Å². The summed E-state index contributed by atoms with van der Waals surface area (Å²) in [6.07, 6.45) is 7.05. The zero-order valence-electron chi connectivity index (χ0n) is 18.0. The van der Waals surface area contributed by atoms with Crippen molar-refractivity contribution in [2.24, 2.45) is 0 Å². The molecule has 0 atom stereocenters. The van der Waals surface area contributed by atoms with E-state index in [9.17, 15) is 19.2 Å². The van der Waals surface area contributed by atoms with Gasteiger partial charge in [-0.2, -0.15) is 11.8 Å². The van der Waals surface area contributed by atoms with Crippen molar-refractivity contribution in [3.05, 3.63) is 83.4 Å². The minimum absolute atomic E-state index is 0.0104. The summed E-state index contributed by atoms with van der Waals surface area (Å²) in [6, 6.07) is 11.5. The molecule has 1 aliphatic carbocycles. The van der Waals surface area contributed by atoms with Crippen molar-refractivity contribution in [2.45, 2.75) is 13.1 Å². The second kappa shape index (κ2) is 9.83. The number of anilines is 1. The van der Waals surface area contributed by atoms with Crippen LogP contribution in [0.15, 0.2) is 61.2 Å². The normalized spacial score (nSPS) is 12.2. The van der Waals surface area contributed by atoms with Crippen LogP contribution in [-0.2, 0) is 22.7 Å². The number of benzene rings is 2. The summed E-state index contributed by atoms with van der Waals surface area (Å²) < 4.78 is 3.33. The SMILES string of the molecule is CSCCNC(=O)Cn1cc[n+](CC(=O)Nc2cccc3c2C(=O)c2ccccc2C3=O)c1. The van der Waals surface area contributed by atoms with E-state index in [4.69, 9.17) is 0 Å². The number of rotatable bonds is 8. The van der Waals surface area contributed by atoms with Crippen LogP contribution in [0.5, 0.6) is 0 Å². The van der Waals surface area contributed by atoms with Crippen molar-refractivity contribution in [1.29, 1.82) is 0 Å². The maximum absolute atomic E-state index is 13.1. The van der Waals surface area contributed by atoms with Gasteiger partial charge in [0.1, 0.15) is 12.4 Å². The van der Waals surface area contributed by atoms with Gasteiger partial charge < -0.3 is 10.6 Å². The Kier molecular flexibility index (Phi) is 6.69. The Morgan fingerprint density at radius 1 is 0.970 bits per heavy atom. The summed E-state index contributed by atoms with van der Waals surface area (Å²) in [5.74, 6) is -0.133.